The molecule has 0 aliphatic rings. The molecular formula is C60H43N3S. The molecule has 0 aliphatic heterocycles. The number of hydrogen-bond acceptors (Lipinski definition) is 4. The number of hydrogen-bond donors (Lipinski definition) is 0. The van der Waals surface area contributed by atoms with Crippen LogP contribution >= 0.6 is 11.3 Å². The van der Waals surface area contributed by atoms with Gasteiger partial charge in [0.05, 0.1) is 0 Å². The third-order valence-electron chi connectivity index (χ3n) is 11.8. The van der Waals surface area contributed by atoms with E-state index in [0.717, 1.165) is 51.2 Å². The maximum atomic E-state index is 2.39. The summed E-state index contributed by atoms with van der Waals surface area (Å²) < 4.78 is 2.51. The van der Waals surface area contributed by atoms with E-state index in [1.54, 1.807) is 0 Å². The van der Waals surface area contributed by atoms with Gasteiger partial charge in [-0.25, -0.2) is 0 Å². The Labute approximate surface area is 378 Å². The van der Waals surface area contributed by atoms with Gasteiger partial charge in [0, 0.05) is 71.4 Å². The lowest BCUT2D eigenvalue weighted by molar-refractivity contribution is 1.25. The standard InChI is InChI=1S/C60H43N3S/c1-6-18-44(19-7-1)45-32-35-52(36-33-45)63(55-31-17-30-54(42-55)62(50-25-12-4-13-26-50)51-27-14-5-15-28-51)56-37-38-57-58-41-47(34-39-59(58)64-60(57)43-56)46-20-16-29-53(40-46)61(48-21-8-2-9-22-48)49-23-10-3-11-24-49/h1-43H. The second-order valence-electron chi connectivity index (χ2n) is 15.8. The Bertz CT molecular complexity index is 3240. The van der Waals surface area contributed by atoms with E-state index in [0.29, 0.717) is 0 Å². The van der Waals surface area contributed by atoms with Gasteiger partial charge in [-0.2, -0.15) is 0 Å². The lowest BCUT2D eigenvalue weighted by atomic mass is 10.0. The number of rotatable bonds is 11. The normalized spacial score (nSPS) is 11.1. The Balaban J connectivity index is 0.998. The number of fused-ring (bicyclic) bond motifs is 3. The summed E-state index contributed by atoms with van der Waals surface area (Å²) >= 11 is 1.85. The third-order valence-corrected chi connectivity index (χ3v) is 12.9. The topological polar surface area (TPSA) is 9.72 Å². The highest BCUT2D eigenvalue weighted by Crippen LogP contribution is 2.45. The average molecular weight is 838 g/mol. The summed E-state index contributed by atoms with van der Waals surface area (Å²) in [6.45, 7) is 0. The minimum atomic E-state index is 1.07. The van der Waals surface area contributed by atoms with Crippen molar-refractivity contribution in [3.05, 3.63) is 261 Å². The molecule has 1 aromatic heterocycles. The molecule has 4 heteroatoms. The lowest BCUT2D eigenvalue weighted by Gasteiger charge is -2.29. The molecule has 11 rings (SSSR count). The van der Waals surface area contributed by atoms with Crippen molar-refractivity contribution in [2.75, 3.05) is 14.7 Å². The molecular weight excluding hydrogens is 795 g/mol. The van der Waals surface area contributed by atoms with Gasteiger partial charge in [0.15, 0.2) is 0 Å². The highest BCUT2D eigenvalue weighted by atomic mass is 32.1. The van der Waals surface area contributed by atoms with Crippen molar-refractivity contribution in [1.29, 1.82) is 0 Å². The summed E-state index contributed by atoms with van der Waals surface area (Å²) in [5.41, 5.74) is 14.7. The minimum Gasteiger partial charge on any atom is -0.310 e. The van der Waals surface area contributed by atoms with Gasteiger partial charge in [-0.3, -0.25) is 0 Å². The highest BCUT2D eigenvalue weighted by Gasteiger charge is 2.19. The van der Waals surface area contributed by atoms with Gasteiger partial charge < -0.3 is 14.7 Å². The molecule has 11 aromatic rings. The Kier molecular flexibility index (Phi) is 10.5. The second kappa shape index (κ2) is 17.3. The van der Waals surface area contributed by atoms with Crippen molar-refractivity contribution in [3.63, 3.8) is 0 Å². The van der Waals surface area contributed by atoms with Gasteiger partial charge in [0.2, 0.25) is 0 Å². The van der Waals surface area contributed by atoms with Gasteiger partial charge in [0.1, 0.15) is 0 Å². The van der Waals surface area contributed by atoms with Crippen molar-refractivity contribution in [2.45, 2.75) is 0 Å². The molecule has 0 amide bonds. The van der Waals surface area contributed by atoms with E-state index >= 15 is 0 Å². The monoisotopic (exact) mass is 837 g/mol. The fourth-order valence-electron chi connectivity index (χ4n) is 8.76. The van der Waals surface area contributed by atoms with Gasteiger partial charge in [-0.1, -0.05) is 146 Å². The van der Waals surface area contributed by atoms with Crippen LogP contribution in [0.1, 0.15) is 0 Å². The van der Waals surface area contributed by atoms with Gasteiger partial charge in [-0.05, 0) is 138 Å². The minimum absolute atomic E-state index is 1.07. The van der Waals surface area contributed by atoms with E-state index in [4.69, 9.17) is 0 Å². The van der Waals surface area contributed by atoms with Crippen molar-refractivity contribution in [3.8, 4) is 22.3 Å². The SMILES string of the molecule is c1ccc(-c2ccc(N(c3cccc(N(c4ccccc4)c4ccccc4)c3)c3ccc4c(c3)sc3ccc(-c5cccc(N(c6ccccc6)c6ccccc6)c5)cc34)cc2)cc1. The zero-order valence-corrected chi connectivity index (χ0v) is 35.9. The summed E-state index contributed by atoms with van der Waals surface area (Å²) in [7, 11) is 0. The Morgan fingerprint density at radius 3 is 1.11 bits per heavy atom. The van der Waals surface area contributed by atoms with Crippen molar-refractivity contribution in [2.24, 2.45) is 0 Å². The van der Waals surface area contributed by atoms with Crippen molar-refractivity contribution < 1.29 is 0 Å². The van der Waals surface area contributed by atoms with Gasteiger partial charge >= 0.3 is 0 Å². The first-order chi connectivity index (χ1) is 31.7. The lowest BCUT2D eigenvalue weighted by Crippen LogP contribution is -2.13. The van der Waals surface area contributed by atoms with Crippen LogP contribution in [0.4, 0.5) is 51.2 Å². The van der Waals surface area contributed by atoms with Crippen molar-refractivity contribution in [1.82, 2.24) is 0 Å². The molecule has 10 aromatic carbocycles. The fourth-order valence-corrected chi connectivity index (χ4v) is 9.88. The molecule has 0 atom stereocenters. The predicted octanol–water partition coefficient (Wildman–Crippen LogP) is 17.8. The van der Waals surface area contributed by atoms with E-state index in [-0.39, 0.29) is 0 Å². The Hall–Kier alpha value is -8.18. The molecule has 1 heterocycles. The van der Waals surface area contributed by atoms with Crippen LogP contribution in [-0.4, -0.2) is 0 Å². The largest absolute Gasteiger partial charge is 0.310 e. The smallest absolute Gasteiger partial charge is 0.0482 e. The van der Waals surface area contributed by atoms with Crippen LogP contribution in [-0.2, 0) is 0 Å². The van der Waals surface area contributed by atoms with Gasteiger partial charge in [0.25, 0.3) is 0 Å². The summed E-state index contributed by atoms with van der Waals surface area (Å²) in [5, 5.41) is 2.52. The summed E-state index contributed by atoms with van der Waals surface area (Å²) in [4.78, 5) is 7.03. The molecule has 0 saturated heterocycles. The van der Waals surface area contributed by atoms with Gasteiger partial charge in [-0.15, -0.1) is 11.3 Å². The molecule has 0 saturated carbocycles. The van der Waals surface area contributed by atoms with Crippen LogP contribution < -0.4 is 14.7 Å². The number of benzene rings is 10. The van der Waals surface area contributed by atoms with Crippen LogP contribution in [0.25, 0.3) is 42.4 Å². The van der Waals surface area contributed by atoms with Crippen LogP contribution in [0.3, 0.4) is 0 Å². The molecule has 0 radical (unpaired) electrons. The number of anilines is 9. The zero-order chi connectivity index (χ0) is 42.7. The molecule has 0 unspecified atom stereocenters. The summed E-state index contributed by atoms with van der Waals surface area (Å²) in [5.74, 6) is 0. The van der Waals surface area contributed by atoms with Crippen LogP contribution in [0.5, 0.6) is 0 Å². The molecule has 0 aliphatic carbocycles. The quantitative estimate of drug-likeness (QED) is 0.128. The molecule has 0 N–H and O–H groups in total. The molecule has 64 heavy (non-hydrogen) atoms. The van der Waals surface area contributed by atoms with Crippen LogP contribution in [0, 0.1) is 0 Å². The van der Waals surface area contributed by atoms with E-state index in [1.807, 2.05) is 11.3 Å². The van der Waals surface area contributed by atoms with E-state index in [9.17, 15) is 0 Å². The molecule has 0 spiro atoms. The third kappa shape index (κ3) is 7.68. The first-order valence-electron chi connectivity index (χ1n) is 21.7. The zero-order valence-electron chi connectivity index (χ0n) is 35.1. The number of para-hydroxylation sites is 4. The number of nitrogens with zero attached hydrogens (tertiary/aromatic N) is 3. The van der Waals surface area contributed by atoms with Crippen LogP contribution in [0.15, 0.2) is 261 Å². The maximum absolute atomic E-state index is 2.39. The first-order valence-corrected chi connectivity index (χ1v) is 22.5. The number of thiophene rings is 1. The van der Waals surface area contributed by atoms with E-state index in [2.05, 4.69) is 276 Å². The molecule has 0 bridgehead atoms. The van der Waals surface area contributed by atoms with E-state index < -0.39 is 0 Å². The van der Waals surface area contributed by atoms with Crippen LogP contribution in [0.2, 0.25) is 0 Å². The maximum Gasteiger partial charge on any atom is 0.0482 e. The molecule has 3 nitrogen and oxygen atoms in total. The summed E-state index contributed by atoms with van der Waals surface area (Å²) in [6, 6.07) is 93.6. The summed E-state index contributed by atoms with van der Waals surface area (Å²) in [6.07, 6.45) is 0. The second-order valence-corrected chi connectivity index (χ2v) is 16.9. The fraction of sp³-hybridized carbons (Fsp3) is 0. The predicted molar refractivity (Wildman–Crippen MR) is 274 cm³/mol. The Morgan fingerprint density at radius 1 is 0.203 bits per heavy atom. The highest BCUT2D eigenvalue weighted by molar-refractivity contribution is 7.25. The Morgan fingerprint density at radius 2 is 0.562 bits per heavy atom. The molecule has 0 fully saturated rings. The average Bonchev–Trinajstić information content (AvgIpc) is 3.74. The first kappa shape index (κ1) is 38.7. The van der Waals surface area contributed by atoms with E-state index in [1.165, 1.54) is 42.4 Å². The van der Waals surface area contributed by atoms with Crippen molar-refractivity contribution >= 4 is 82.7 Å². The molecule has 304 valence electrons.